The average Bonchev–Trinajstić information content (AvgIpc) is 0.733. The van der Waals surface area contributed by atoms with E-state index in [0.717, 1.165) is 0 Å². The van der Waals surface area contributed by atoms with Crippen LogP contribution in [0, 0.1) is 55.4 Å². The predicted molar refractivity (Wildman–Crippen MR) is 484 cm³/mol. The fraction of sp³-hybridized carbons (Fsp3) is 0.102. The van der Waals surface area contributed by atoms with E-state index in [-0.39, 0.29) is 42.7 Å². The Bertz CT molecular complexity index is 4940. The summed E-state index contributed by atoms with van der Waals surface area (Å²) in [7, 11) is 19.8. The average molecular weight is 1780 g/mol. The first-order valence-electron chi connectivity index (χ1n) is 36.4. The molecule has 0 aromatic heterocycles. The van der Waals surface area contributed by atoms with Gasteiger partial charge >= 0.3 is 69.1 Å². The zero-order chi connectivity index (χ0) is 76.5. The first-order chi connectivity index (χ1) is 53.3. The number of halogens is 5. The predicted octanol–water partition coefficient (Wildman–Crippen LogP) is 19.4. The summed E-state index contributed by atoms with van der Waals surface area (Å²) < 4.78 is 0. The van der Waals surface area contributed by atoms with Gasteiger partial charge in [0, 0.05) is 0 Å². The van der Waals surface area contributed by atoms with Crippen LogP contribution in [0.4, 0.5) is 0 Å². The molecule has 0 spiro atoms. The molecular formula is C98H88Cl5NP4Ru2. The number of hydrogen-bond donors (Lipinski definition) is 1. The SMILES string of the molecule is C[NH2+]C.Cc1ccccc1P(c1ccccc1C)c1ccc2ccccc2c1-c1c(P(c2ccccc2C)c2ccccc2C)ccc2ccccc12.Cc1ccccc1P(c1ccccc1C)c1ccc2ccccc2c1-c1c(P(c2ccccc2C)c2ccccc2C)ccc2ccccc12.[Cl-].[Cl][Ru][Cl].[Cl][Ru][Cl]. The summed E-state index contributed by atoms with van der Waals surface area (Å²) in [5, 5.41) is 29.2. The Balaban J connectivity index is 0.000000196. The number of benzene rings is 16. The van der Waals surface area contributed by atoms with E-state index in [1.54, 1.807) is 0 Å². The van der Waals surface area contributed by atoms with Gasteiger partial charge < -0.3 is 17.7 Å². The van der Waals surface area contributed by atoms with Gasteiger partial charge in [0.1, 0.15) is 0 Å². The first-order valence-corrected chi connectivity index (χ1v) is 50.8. The van der Waals surface area contributed by atoms with E-state index < -0.39 is 31.7 Å². The number of nitrogens with two attached hydrogens (primary N) is 1. The Kier molecular flexibility index (Phi) is 31.0. The monoisotopic (exact) mass is 1780 g/mol. The Morgan fingerprint density at radius 3 is 0.464 bits per heavy atom. The molecule has 0 bridgehead atoms. The number of hydrogen-bond acceptors (Lipinski definition) is 0. The second-order valence-electron chi connectivity index (χ2n) is 27.0. The maximum atomic E-state index is 4.85. The van der Waals surface area contributed by atoms with Crippen LogP contribution in [0.1, 0.15) is 44.5 Å². The van der Waals surface area contributed by atoms with Crippen LogP contribution in [0.2, 0.25) is 0 Å². The van der Waals surface area contributed by atoms with Crippen molar-refractivity contribution in [1.29, 1.82) is 0 Å². The number of aryl methyl sites for hydroxylation is 8. The van der Waals surface area contributed by atoms with Gasteiger partial charge in [0.05, 0.1) is 14.1 Å². The Hall–Kier alpha value is -7.06. The van der Waals surface area contributed by atoms with Gasteiger partial charge in [0.15, 0.2) is 0 Å². The van der Waals surface area contributed by atoms with Crippen molar-refractivity contribution in [2.75, 3.05) is 14.1 Å². The quantitative estimate of drug-likeness (QED) is 0.0825. The van der Waals surface area contributed by atoms with E-state index in [4.69, 9.17) is 38.8 Å². The third-order valence-corrected chi connectivity index (χ3v) is 31.2. The van der Waals surface area contributed by atoms with Crippen LogP contribution in [0.3, 0.4) is 0 Å². The van der Waals surface area contributed by atoms with Crippen molar-refractivity contribution in [3.63, 3.8) is 0 Å². The van der Waals surface area contributed by atoms with Crippen molar-refractivity contribution in [2.45, 2.75) is 55.4 Å². The molecule has 0 fully saturated rings. The van der Waals surface area contributed by atoms with Crippen LogP contribution < -0.4 is 81.4 Å². The molecule has 0 unspecified atom stereocenters. The third kappa shape index (κ3) is 18.6. The molecule has 16 rings (SSSR count). The molecule has 0 aliphatic rings. The minimum atomic E-state index is -0.906. The first kappa shape index (κ1) is 83.9. The van der Waals surface area contributed by atoms with E-state index in [1.807, 2.05) is 19.4 Å². The summed E-state index contributed by atoms with van der Waals surface area (Å²) in [4.78, 5) is 0. The fourth-order valence-electron chi connectivity index (χ4n) is 14.9. The summed E-state index contributed by atoms with van der Waals surface area (Å²) in [6.07, 6.45) is 0. The van der Waals surface area contributed by atoms with Crippen LogP contribution in [0.25, 0.3) is 65.3 Å². The molecule has 0 saturated heterocycles. The number of fused-ring (bicyclic) bond motifs is 4. The molecule has 0 heterocycles. The Morgan fingerprint density at radius 2 is 0.318 bits per heavy atom. The summed E-state index contributed by atoms with van der Waals surface area (Å²) in [5.74, 6) is 0. The molecule has 0 saturated carbocycles. The zero-order valence-corrected chi connectivity index (χ0v) is 74.1. The summed E-state index contributed by atoms with van der Waals surface area (Å²) in [6, 6.07) is 128. The molecule has 0 radical (unpaired) electrons. The van der Waals surface area contributed by atoms with E-state index in [9.17, 15) is 0 Å². The maximum absolute atomic E-state index is 4.85. The normalized spacial score (nSPS) is 11.1. The fourth-order valence-corrected chi connectivity index (χ4v) is 26.0. The van der Waals surface area contributed by atoms with Crippen molar-refractivity contribution in [3.8, 4) is 22.3 Å². The van der Waals surface area contributed by atoms with Crippen molar-refractivity contribution in [1.82, 2.24) is 0 Å². The van der Waals surface area contributed by atoms with Crippen molar-refractivity contribution < 1.29 is 48.0 Å². The topological polar surface area (TPSA) is 16.6 Å². The van der Waals surface area contributed by atoms with Crippen LogP contribution >= 0.6 is 70.5 Å². The molecule has 2 N–H and O–H groups in total. The van der Waals surface area contributed by atoms with E-state index in [2.05, 4.69) is 395 Å². The molecule has 0 aliphatic heterocycles. The van der Waals surface area contributed by atoms with Crippen molar-refractivity contribution in [2.24, 2.45) is 0 Å². The number of rotatable bonds is 14. The van der Waals surface area contributed by atoms with Gasteiger partial charge in [-0.3, -0.25) is 0 Å². The van der Waals surface area contributed by atoms with Crippen molar-refractivity contribution in [3.05, 3.63) is 384 Å². The molecule has 16 aromatic rings. The molecule has 110 heavy (non-hydrogen) atoms. The van der Waals surface area contributed by atoms with E-state index in [0.29, 0.717) is 0 Å². The second kappa shape index (κ2) is 40.6. The van der Waals surface area contributed by atoms with Gasteiger partial charge in [0.2, 0.25) is 0 Å². The van der Waals surface area contributed by atoms with E-state index in [1.165, 1.54) is 174 Å². The molecule has 16 aromatic carbocycles. The Morgan fingerprint density at radius 1 is 0.191 bits per heavy atom. The van der Waals surface area contributed by atoms with Gasteiger partial charge in [-0.05, 0) is 261 Å². The molecule has 1 nitrogen and oxygen atoms in total. The minimum absolute atomic E-state index is 0. The van der Waals surface area contributed by atoms with Crippen LogP contribution in [-0.4, -0.2) is 14.1 Å². The molecule has 12 heteroatoms. The zero-order valence-electron chi connectivity index (χ0n) is 63.3. The van der Waals surface area contributed by atoms with Gasteiger partial charge in [-0.25, -0.2) is 0 Å². The van der Waals surface area contributed by atoms with Gasteiger partial charge in [-0.15, -0.1) is 0 Å². The van der Waals surface area contributed by atoms with E-state index >= 15 is 0 Å². The molecule has 0 aliphatic carbocycles. The van der Waals surface area contributed by atoms with Crippen LogP contribution in [0.15, 0.2) is 340 Å². The second-order valence-corrected chi connectivity index (χ2v) is 40.8. The molecule has 0 atom stereocenters. The van der Waals surface area contributed by atoms with Gasteiger partial charge in [-0.1, -0.05) is 340 Å². The van der Waals surface area contributed by atoms with Gasteiger partial charge in [-0.2, -0.15) is 0 Å². The molecular weight excluding hydrogens is 1690 g/mol. The Labute approximate surface area is 694 Å². The standard InChI is InChI=1S/2C48H40P2.C2H7N.5ClH.2Ru/c2*1-33-17-5-13-25-41(33)49(42-26-14-6-18-34(42)2)45-31-29-37-21-9-11-23-39(37)47(45)48-40-24-12-10-22-38(40)30-32-46(48)50(43-27-15-7-19-35(43)3)44-28-16-8-20-36(44)4;1-3-2;;;;;;;/h2*5-32H,1-4H3;3H,1-2H3;5*1H;;/q;;;;;;;;2*+2/p-4. The van der Waals surface area contributed by atoms with Crippen LogP contribution in [-0.2, 0) is 30.3 Å². The summed E-state index contributed by atoms with van der Waals surface area (Å²) >= 11 is -0.691. The summed E-state index contributed by atoms with van der Waals surface area (Å²) in [5.41, 5.74) is 16.1. The summed E-state index contributed by atoms with van der Waals surface area (Å²) in [6.45, 7) is 18.2. The van der Waals surface area contributed by atoms with Crippen molar-refractivity contribution >= 4 is 177 Å². The molecule has 556 valence electrons. The molecule has 0 amide bonds. The van der Waals surface area contributed by atoms with Crippen LogP contribution in [0.5, 0.6) is 0 Å². The third-order valence-electron chi connectivity index (χ3n) is 19.9. The van der Waals surface area contributed by atoms with Gasteiger partial charge in [0.25, 0.3) is 0 Å². The number of quaternary nitrogens is 1.